The van der Waals surface area contributed by atoms with Gasteiger partial charge in [-0.15, -0.1) is 0 Å². The van der Waals surface area contributed by atoms with Gasteiger partial charge >= 0.3 is 0 Å². The molecule has 2 amide bonds. The summed E-state index contributed by atoms with van der Waals surface area (Å²) >= 11 is 6.35. The van der Waals surface area contributed by atoms with Crippen molar-refractivity contribution in [3.63, 3.8) is 0 Å². The third kappa shape index (κ3) is 7.33. The van der Waals surface area contributed by atoms with E-state index in [4.69, 9.17) is 11.6 Å². The lowest BCUT2D eigenvalue weighted by atomic mass is 10.1. The number of carbonyl (C=O) groups excluding carboxylic acids is 2. The van der Waals surface area contributed by atoms with Crippen LogP contribution in [0.3, 0.4) is 0 Å². The average Bonchev–Trinajstić information content (AvgIpc) is 2.90. The van der Waals surface area contributed by atoms with Crippen LogP contribution in [0, 0.1) is 11.7 Å². The van der Waals surface area contributed by atoms with Crippen molar-refractivity contribution in [2.75, 3.05) is 17.4 Å². The Bertz CT molecular complexity index is 1350. The fourth-order valence-corrected chi connectivity index (χ4v) is 5.33. The number of anilines is 1. The van der Waals surface area contributed by atoms with Gasteiger partial charge < -0.3 is 10.2 Å². The predicted molar refractivity (Wildman–Crippen MR) is 147 cm³/mol. The van der Waals surface area contributed by atoms with Gasteiger partial charge in [-0.25, -0.2) is 12.8 Å². The highest BCUT2D eigenvalue weighted by molar-refractivity contribution is 7.92. The molecule has 3 aromatic rings. The molecular formula is C28H31ClFN3O4S. The highest BCUT2D eigenvalue weighted by atomic mass is 35.5. The lowest BCUT2D eigenvalue weighted by molar-refractivity contribution is -0.139. The molecule has 202 valence electrons. The molecule has 0 radical (unpaired) electrons. The van der Waals surface area contributed by atoms with Gasteiger partial charge in [0, 0.05) is 18.1 Å². The normalized spacial score (nSPS) is 12.2. The van der Waals surface area contributed by atoms with Crippen molar-refractivity contribution < 1.29 is 22.4 Å². The minimum atomic E-state index is -4.21. The largest absolute Gasteiger partial charge is 0.354 e. The van der Waals surface area contributed by atoms with E-state index in [1.165, 1.54) is 29.2 Å². The zero-order valence-corrected chi connectivity index (χ0v) is 23.0. The Morgan fingerprint density at radius 2 is 1.53 bits per heavy atom. The number of halogens is 2. The van der Waals surface area contributed by atoms with Gasteiger partial charge in [0.1, 0.15) is 18.4 Å². The van der Waals surface area contributed by atoms with Crippen LogP contribution in [0.25, 0.3) is 0 Å². The molecule has 3 aromatic carbocycles. The van der Waals surface area contributed by atoms with Gasteiger partial charge in [-0.3, -0.25) is 13.9 Å². The van der Waals surface area contributed by atoms with Gasteiger partial charge in [0.2, 0.25) is 11.8 Å². The van der Waals surface area contributed by atoms with Crippen LogP contribution in [0.5, 0.6) is 0 Å². The Balaban J connectivity index is 2.00. The van der Waals surface area contributed by atoms with Crippen molar-refractivity contribution in [1.82, 2.24) is 10.2 Å². The second-order valence-corrected chi connectivity index (χ2v) is 11.5. The zero-order chi connectivity index (χ0) is 27.9. The Hall–Kier alpha value is -3.43. The third-order valence-electron chi connectivity index (χ3n) is 5.88. The van der Waals surface area contributed by atoms with Crippen LogP contribution in [-0.4, -0.2) is 44.3 Å². The summed E-state index contributed by atoms with van der Waals surface area (Å²) in [5.74, 6) is -1.35. The maximum absolute atomic E-state index is 13.8. The van der Waals surface area contributed by atoms with Crippen molar-refractivity contribution in [1.29, 1.82) is 0 Å². The molecule has 0 fully saturated rings. The van der Waals surface area contributed by atoms with Crippen LogP contribution in [0.15, 0.2) is 83.8 Å². The fourth-order valence-electron chi connectivity index (χ4n) is 3.70. The second kappa shape index (κ2) is 12.9. The minimum absolute atomic E-state index is 0.0165. The number of rotatable bonds is 11. The first-order valence-corrected chi connectivity index (χ1v) is 14.0. The highest BCUT2D eigenvalue weighted by Gasteiger charge is 2.32. The first-order chi connectivity index (χ1) is 18.0. The summed E-state index contributed by atoms with van der Waals surface area (Å²) in [4.78, 5) is 28.0. The number of carbonyl (C=O) groups is 2. The summed E-state index contributed by atoms with van der Waals surface area (Å²) in [6, 6.07) is 18.5. The second-order valence-electron chi connectivity index (χ2n) is 9.23. The summed E-state index contributed by atoms with van der Waals surface area (Å²) in [7, 11) is -4.21. The first kappa shape index (κ1) is 29.1. The van der Waals surface area contributed by atoms with Crippen molar-refractivity contribution in [2.24, 2.45) is 5.92 Å². The van der Waals surface area contributed by atoms with Gasteiger partial charge in [-0.05, 0) is 60.9 Å². The van der Waals surface area contributed by atoms with Crippen molar-refractivity contribution in [3.05, 3.63) is 95.3 Å². The van der Waals surface area contributed by atoms with Crippen molar-refractivity contribution >= 4 is 39.1 Å². The molecule has 0 saturated carbocycles. The zero-order valence-electron chi connectivity index (χ0n) is 21.5. The number of nitrogens with one attached hydrogen (secondary N) is 1. The van der Waals surface area contributed by atoms with E-state index in [1.54, 1.807) is 49.4 Å². The predicted octanol–water partition coefficient (Wildman–Crippen LogP) is 4.86. The summed E-state index contributed by atoms with van der Waals surface area (Å²) in [6.45, 7) is 5.27. The standard InChI is InChI=1S/C28H31ClFN3O4S/c1-20(2)17-31-28(35)21(3)32(18-22-9-7-8-12-26(22)29)27(34)19-33(24-15-13-23(30)14-16-24)38(36,37)25-10-5-4-6-11-25/h4-16,20-21H,17-19H2,1-3H3,(H,31,35)/t21-/m1/s1. The van der Waals surface area contributed by atoms with Crippen LogP contribution in [0.2, 0.25) is 5.02 Å². The molecule has 0 heterocycles. The molecule has 0 spiro atoms. The van der Waals surface area contributed by atoms with E-state index in [0.717, 1.165) is 16.4 Å². The monoisotopic (exact) mass is 559 g/mol. The quantitative estimate of drug-likeness (QED) is 0.363. The van der Waals surface area contributed by atoms with Crippen molar-refractivity contribution in [2.45, 2.75) is 38.3 Å². The molecule has 0 aliphatic heterocycles. The van der Waals surface area contributed by atoms with Gasteiger partial charge in [0.05, 0.1) is 10.6 Å². The van der Waals surface area contributed by atoms with E-state index in [1.807, 2.05) is 13.8 Å². The van der Waals surface area contributed by atoms with E-state index >= 15 is 0 Å². The molecule has 0 bridgehead atoms. The topological polar surface area (TPSA) is 86.8 Å². The number of amides is 2. The smallest absolute Gasteiger partial charge is 0.264 e. The van der Waals surface area contributed by atoms with Gasteiger partial charge in [-0.1, -0.05) is 61.8 Å². The lowest BCUT2D eigenvalue weighted by Gasteiger charge is -2.32. The Morgan fingerprint density at radius 3 is 2.13 bits per heavy atom. The molecule has 10 heteroatoms. The molecule has 0 aromatic heterocycles. The van der Waals surface area contributed by atoms with Gasteiger partial charge in [0.25, 0.3) is 10.0 Å². The van der Waals surface area contributed by atoms with E-state index in [-0.39, 0.29) is 29.0 Å². The summed E-state index contributed by atoms with van der Waals surface area (Å²) < 4.78 is 41.8. The van der Waals surface area contributed by atoms with E-state index in [9.17, 15) is 22.4 Å². The fraction of sp³-hybridized carbons (Fsp3) is 0.286. The first-order valence-electron chi connectivity index (χ1n) is 12.1. The number of sulfonamides is 1. The maximum Gasteiger partial charge on any atom is 0.264 e. The molecular weight excluding hydrogens is 529 g/mol. The molecule has 3 rings (SSSR count). The summed E-state index contributed by atoms with van der Waals surface area (Å²) in [5, 5.41) is 3.24. The van der Waals surface area contributed by atoms with Crippen LogP contribution < -0.4 is 9.62 Å². The number of hydrogen-bond acceptors (Lipinski definition) is 4. The number of nitrogens with zero attached hydrogens (tertiary/aromatic N) is 2. The van der Waals surface area contributed by atoms with E-state index in [2.05, 4.69) is 5.32 Å². The SMILES string of the molecule is CC(C)CNC(=O)[C@@H](C)N(Cc1ccccc1Cl)C(=O)CN(c1ccc(F)cc1)S(=O)(=O)c1ccccc1. The molecule has 1 N–H and O–H groups in total. The molecule has 0 saturated heterocycles. The van der Waals surface area contributed by atoms with Gasteiger partial charge in [-0.2, -0.15) is 0 Å². The Morgan fingerprint density at radius 1 is 0.921 bits per heavy atom. The number of hydrogen-bond donors (Lipinski definition) is 1. The maximum atomic E-state index is 13.8. The van der Waals surface area contributed by atoms with Crippen LogP contribution in [-0.2, 0) is 26.2 Å². The summed E-state index contributed by atoms with van der Waals surface area (Å²) in [6.07, 6.45) is 0. The van der Waals surface area contributed by atoms with E-state index in [0.29, 0.717) is 17.1 Å². The highest BCUT2D eigenvalue weighted by Crippen LogP contribution is 2.25. The van der Waals surface area contributed by atoms with E-state index < -0.39 is 34.3 Å². The van der Waals surface area contributed by atoms with Crippen molar-refractivity contribution in [3.8, 4) is 0 Å². The molecule has 38 heavy (non-hydrogen) atoms. The minimum Gasteiger partial charge on any atom is -0.354 e. The van der Waals surface area contributed by atoms with Crippen LogP contribution in [0.4, 0.5) is 10.1 Å². The number of benzene rings is 3. The average molecular weight is 560 g/mol. The molecule has 7 nitrogen and oxygen atoms in total. The molecule has 0 aliphatic carbocycles. The van der Waals surface area contributed by atoms with Crippen LogP contribution >= 0.6 is 11.6 Å². The Labute approximate surface area is 228 Å². The third-order valence-corrected chi connectivity index (χ3v) is 8.03. The molecule has 1 atom stereocenters. The Kier molecular flexibility index (Phi) is 9.88. The molecule has 0 unspecified atom stereocenters. The lowest BCUT2D eigenvalue weighted by Crippen LogP contribution is -2.51. The van der Waals surface area contributed by atoms with Crippen LogP contribution in [0.1, 0.15) is 26.3 Å². The molecule has 0 aliphatic rings. The summed E-state index contributed by atoms with van der Waals surface area (Å²) in [5.41, 5.74) is 0.712. The van der Waals surface area contributed by atoms with Gasteiger partial charge in [0.15, 0.2) is 0 Å².